The highest BCUT2D eigenvalue weighted by molar-refractivity contribution is 5.50. The van der Waals surface area contributed by atoms with E-state index in [9.17, 15) is 0 Å². The molecule has 0 aliphatic carbocycles. The summed E-state index contributed by atoms with van der Waals surface area (Å²) in [7, 11) is 0. The Balaban J connectivity index is 2.23. The van der Waals surface area contributed by atoms with Crippen molar-refractivity contribution in [1.29, 1.82) is 0 Å². The fraction of sp³-hybridized carbons (Fsp3) is 0.400. The third kappa shape index (κ3) is 1.66. The summed E-state index contributed by atoms with van der Waals surface area (Å²) in [6.07, 6.45) is 0.786. The lowest BCUT2D eigenvalue weighted by atomic mass is 10.1. The minimum atomic E-state index is 0.313. The molecular weight excluding hydrogens is 182 g/mol. The molecule has 1 heterocycles. The summed E-state index contributed by atoms with van der Waals surface area (Å²) in [5.74, 6) is 6.64. The van der Waals surface area contributed by atoms with E-state index in [-0.39, 0.29) is 0 Å². The average molecular weight is 195 g/mol. The molecule has 2 N–H and O–H groups in total. The quantitative estimate of drug-likeness (QED) is 0.735. The number of hydrogen-bond acceptors (Lipinski definition) is 4. The van der Waals surface area contributed by atoms with Crippen LogP contribution in [-0.4, -0.2) is 13.4 Å². The van der Waals surface area contributed by atoms with Gasteiger partial charge in [0.1, 0.15) is 0 Å². The van der Waals surface area contributed by atoms with Crippen LogP contribution in [0.2, 0.25) is 0 Å². The van der Waals surface area contributed by atoms with E-state index in [1.54, 1.807) is 0 Å². The Morgan fingerprint density at radius 2 is 2.29 bits per heavy atom. The van der Waals surface area contributed by atoms with Crippen LogP contribution in [-0.2, 0) is 11.3 Å². The summed E-state index contributed by atoms with van der Waals surface area (Å²) in [6, 6.07) is 4.03. The topological polar surface area (TPSA) is 53.7 Å². The molecular formula is C10H13NO3. The van der Waals surface area contributed by atoms with Crippen molar-refractivity contribution in [3.8, 4) is 11.5 Å². The predicted molar refractivity (Wildman–Crippen MR) is 51.1 cm³/mol. The van der Waals surface area contributed by atoms with Crippen molar-refractivity contribution < 1.29 is 14.3 Å². The molecule has 0 saturated carbocycles. The van der Waals surface area contributed by atoms with Crippen molar-refractivity contribution in [2.75, 3.05) is 13.4 Å². The highest BCUT2D eigenvalue weighted by Gasteiger charge is 2.16. The molecule has 1 aliphatic rings. The standard InChI is InChI=1S/C10H13NO3/c1-7-4-8(2-3-14-11)5-9-10(7)13-6-12-9/h4-5H,2-3,6,11H2,1H3. The Morgan fingerprint density at radius 1 is 1.43 bits per heavy atom. The Bertz CT molecular complexity index is 338. The van der Waals surface area contributed by atoms with Gasteiger partial charge in [0, 0.05) is 0 Å². The minimum Gasteiger partial charge on any atom is -0.454 e. The van der Waals surface area contributed by atoms with Gasteiger partial charge in [0.05, 0.1) is 6.61 Å². The van der Waals surface area contributed by atoms with Gasteiger partial charge in [-0.25, -0.2) is 5.90 Å². The van der Waals surface area contributed by atoms with E-state index >= 15 is 0 Å². The van der Waals surface area contributed by atoms with E-state index in [4.69, 9.17) is 15.4 Å². The molecule has 0 spiro atoms. The molecule has 2 rings (SSSR count). The molecule has 14 heavy (non-hydrogen) atoms. The second kappa shape index (κ2) is 3.86. The minimum absolute atomic E-state index is 0.313. The summed E-state index contributed by atoms with van der Waals surface area (Å²) in [6.45, 7) is 2.83. The summed E-state index contributed by atoms with van der Waals surface area (Å²) < 4.78 is 10.6. The number of ether oxygens (including phenoxy) is 2. The van der Waals surface area contributed by atoms with Crippen LogP contribution in [0.1, 0.15) is 11.1 Å². The van der Waals surface area contributed by atoms with Gasteiger partial charge in [-0.3, -0.25) is 0 Å². The molecule has 0 atom stereocenters. The van der Waals surface area contributed by atoms with E-state index in [1.165, 1.54) is 0 Å². The van der Waals surface area contributed by atoms with Crippen molar-refractivity contribution in [1.82, 2.24) is 0 Å². The molecule has 0 radical (unpaired) electrons. The van der Waals surface area contributed by atoms with Gasteiger partial charge < -0.3 is 14.3 Å². The number of fused-ring (bicyclic) bond motifs is 1. The van der Waals surface area contributed by atoms with Gasteiger partial charge in [0.25, 0.3) is 0 Å². The van der Waals surface area contributed by atoms with Crippen LogP contribution < -0.4 is 15.4 Å². The van der Waals surface area contributed by atoms with Crippen LogP contribution in [0.3, 0.4) is 0 Å². The molecule has 0 aromatic heterocycles. The molecule has 4 nitrogen and oxygen atoms in total. The lowest BCUT2D eigenvalue weighted by molar-refractivity contribution is 0.141. The fourth-order valence-corrected chi connectivity index (χ4v) is 1.58. The average Bonchev–Trinajstić information content (AvgIpc) is 2.63. The molecule has 1 aromatic rings. The van der Waals surface area contributed by atoms with E-state index < -0.39 is 0 Å². The highest BCUT2D eigenvalue weighted by Crippen LogP contribution is 2.36. The lowest BCUT2D eigenvalue weighted by Crippen LogP contribution is -2.03. The van der Waals surface area contributed by atoms with Crippen molar-refractivity contribution >= 4 is 0 Å². The third-order valence-electron chi connectivity index (χ3n) is 2.23. The maximum atomic E-state index is 5.31. The number of rotatable bonds is 3. The van der Waals surface area contributed by atoms with Gasteiger partial charge in [-0.1, -0.05) is 6.07 Å². The highest BCUT2D eigenvalue weighted by atomic mass is 16.7. The van der Waals surface area contributed by atoms with Crippen LogP contribution in [0.4, 0.5) is 0 Å². The Labute approximate surface area is 82.5 Å². The SMILES string of the molecule is Cc1cc(CCON)cc2c1OCO2. The van der Waals surface area contributed by atoms with Crippen LogP contribution in [0, 0.1) is 6.92 Å². The first-order chi connectivity index (χ1) is 6.81. The van der Waals surface area contributed by atoms with E-state index in [0.29, 0.717) is 13.4 Å². The zero-order valence-electron chi connectivity index (χ0n) is 8.08. The van der Waals surface area contributed by atoms with Crippen LogP contribution >= 0.6 is 0 Å². The normalized spacial score (nSPS) is 13.3. The number of benzene rings is 1. The maximum Gasteiger partial charge on any atom is 0.231 e. The summed E-state index contributed by atoms with van der Waals surface area (Å²) in [5.41, 5.74) is 2.24. The molecule has 0 bridgehead atoms. The summed E-state index contributed by atoms with van der Waals surface area (Å²) in [5, 5.41) is 0. The molecule has 0 unspecified atom stereocenters. The van der Waals surface area contributed by atoms with Gasteiger partial charge in [-0.05, 0) is 30.5 Å². The van der Waals surface area contributed by atoms with Crippen molar-refractivity contribution in [2.45, 2.75) is 13.3 Å². The zero-order chi connectivity index (χ0) is 9.97. The Kier molecular flexibility index (Phi) is 2.56. The van der Waals surface area contributed by atoms with Crippen molar-refractivity contribution in [3.63, 3.8) is 0 Å². The second-order valence-corrected chi connectivity index (χ2v) is 3.27. The molecule has 4 heteroatoms. The van der Waals surface area contributed by atoms with Crippen LogP contribution in [0.5, 0.6) is 11.5 Å². The Hall–Kier alpha value is -1.26. The monoisotopic (exact) mass is 195 g/mol. The largest absolute Gasteiger partial charge is 0.454 e. The molecule has 76 valence electrons. The molecule has 0 fully saturated rings. The first kappa shape index (κ1) is 9.30. The van der Waals surface area contributed by atoms with Crippen LogP contribution in [0.15, 0.2) is 12.1 Å². The van der Waals surface area contributed by atoms with Gasteiger partial charge in [-0.15, -0.1) is 0 Å². The van der Waals surface area contributed by atoms with E-state index in [1.807, 2.05) is 13.0 Å². The van der Waals surface area contributed by atoms with Crippen molar-refractivity contribution in [3.05, 3.63) is 23.3 Å². The summed E-state index contributed by atoms with van der Waals surface area (Å²) in [4.78, 5) is 4.53. The lowest BCUT2D eigenvalue weighted by Gasteiger charge is -2.05. The number of nitrogens with two attached hydrogens (primary N) is 1. The van der Waals surface area contributed by atoms with Gasteiger partial charge >= 0.3 is 0 Å². The van der Waals surface area contributed by atoms with Gasteiger partial charge in [-0.2, -0.15) is 0 Å². The first-order valence-corrected chi connectivity index (χ1v) is 4.52. The first-order valence-electron chi connectivity index (χ1n) is 4.52. The number of hydrogen-bond donors (Lipinski definition) is 1. The van der Waals surface area contributed by atoms with E-state index in [2.05, 4.69) is 10.9 Å². The maximum absolute atomic E-state index is 5.31. The van der Waals surface area contributed by atoms with Crippen molar-refractivity contribution in [2.24, 2.45) is 5.90 Å². The Morgan fingerprint density at radius 3 is 3.07 bits per heavy atom. The second-order valence-electron chi connectivity index (χ2n) is 3.27. The fourth-order valence-electron chi connectivity index (χ4n) is 1.58. The van der Waals surface area contributed by atoms with Gasteiger partial charge in [0.15, 0.2) is 11.5 Å². The van der Waals surface area contributed by atoms with Gasteiger partial charge in [0.2, 0.25) is 6.79 Å². The zero-order valence-corrected chi connectivity index (χ0v) is 8.08. The number of aryl methyl sites for hydroxylation is 1. The predicted octanol–water partition coefficient (Wildman–Crippen LogP) is 1.16. The molecule has 1 aliphatic heterocycles. The van der Waals surface area contributed by atoms with E-state index in [0.717, 1.165) is 29.0 Å². The summed E-state index contributed by atoms with van der Waals surface area (Å²) >= 11 is 0. The molecule has 0 saturated heterocycles. The molecule has 0 amide bonds. The van der Waals surface area contributed by atoms with Crippen LogP contribution in [0.25, 0.3) is 0 Å². The smallest absolute Gasteiger partial charge is 0.231 e. The molecule has 1 aromatic carbocycles. The third-order valence-corrected chi connectivity index (χ3v) is 2.23.